The Morgan fingerprint density at radius 3 is 2.96 bits per heavy atom. The number of hydrogen-bond acceptors (Lipinski definition) is 5. The molecule has 3 rings (SSSR count). The number of piperidine rings is 2. The van der Waals surface area contributed by atoms with Gasteiger partial charge in [-0.05, 0) is 56.3 Å². The van der Waals surface area contributed by atoms with E-state index in [-0.39, 0.29) is 5.91 Å². The Morgan fingerprint density at radius 2 is 2.19 bits per heavy atom. The first-order chi connectivity index (χ1) is 12.7. The summed E-state index contributed by atoms with van der Waals surface area (Å²) >= 11 is 0. The van der Waals surface area contributed by atoms with Gasteiger partial charge < -0.3 is 19.1 Å². The van der Waals surface area contributed by atoms with Crippen molar-refractivity contribution in [1.82, 2.24) is 15.0 Å². The predicted octanol–water partition coefficient (Wildman–Crippen LogP) is 3.12. The van der Waals surface area contributed by atoms with Gasteiger partial charge in [-0.3, -0.25) is 4.79 Å². The molecule has 1 amide bonds. The summed E-state index contributed by atoms with van der Waals surface area (Å²) in [5.74, 6) is 2.04. The zero-order chi connectivity index (χ0) is 18.4. The predicted molar refractivity (Wildman–Crippen MR) is 100 cm³/mol. The van der Waals surface area contributed by atoms with E-state index >= 15 is 0 Å². The summed E-state index contributed by atoms with van der Waals surface area (Å²) in [7, 11) is 1.56. The molecule has 6 nitrogen and oxygen atoms in total. The number of aromatic nitrogens is 1. The van der Waals surface area contributed by atoms with Crippen LogP contribution in [-0.2, 0) is 11.2 Å². The van der Waals surface area contributed by atoms with Crippen LogP contribution < -0.4 is 4.74 Å². The number of ether oxygens (including phenoxy) is 1. The van der Waals surface area contributed by atoms with Gasteiger partial charge in [0.15, 0.2) is 0 Å². The van der Waals surface area contributed by atoms with Crippen molar-refractivity contribution >= 4 is 5.91 Å². The maximum Gasteiger partial charge on any atom is 0.254 e. The van der Waals surface area contributed by atoms with Crippen molar-refractivity contribution in [1.29, 1.82) is 0 Å². The van der Waals surface area contributed by atoms with Gasteiger partial charge in [0.1, 0.15) is 5.76 Å². The van der Waals surface area contributed by atoms with Gasteiger partial charge in [-0.25, -0.2) is 0 Å². The maximum absolute atomic E-state index is 12.8. The van der Waals surface area contributed by atoms with Crippen LogP contribution in [0.2, 0.25) is 0 Å². The van der Waals surface area contributed by atoms with Gasteiger partial charge in [0.25, 0.3) is 5.88 Å². The number of nitrogens with zero attached hydrogens (tertiary/aromatic N) is 3. The molecule has 2 aliphatic rings. The van der Waals surface area contributed by atoms with Crippen LogP contribution in [0.3, 0.4) is 0 Å². The lowest BCUT2D eigenvalue weighted by Crippen LogP contribution is -2.51. The molecule has 0 saturated carbocycles. The van der Waals surface area contributed by atoms with E-state index in [0.29, 0.717) is 36.4 Å². The molecule has 146 valence electrons. The average molecular weight is 364 g/mol. The summed E-state index contributed by atoms with van der Waals surface area (Å²) in [6.45, 7) is 6.40. The minimum atomic E-state index is 0.232. The van der Waals surface area contributed by atoms with Crippen molar-refractivity contribution in [3.8, 4) is 5.88 Å². The van der Waals surface area contributed by atoms with E-state index in [9.17, 15) is 4.79 Å². The van der Waals surface area contributed by atoms with E-state index in [2.05, 4.69) is 21.9 Å². The highest BCUT2D eigenvalue weighted by Crippen LogP contribution is 2.31. The summed E-state index contributed by atoms with van der Waals surface area (Å²) < 4.78 is 10.2. The summed E-state index contributed by atoms with van der Waals surface area (Å²) in [4.78, 5) is 17.6. The fraction of sp³-hybridized carbons (Fsp3) is 0.800. The molecule has 0 aromatic carbocycles. The number of hydrogen-bond donors (Lipinski definition) is 0. The molecule has 0 N–H and O–H groups in total. The third-order valence-corrected chi connectivity index (χ3v) is 5.86. The van der Waals surface area contributed by atoms with Crippen LogP contribution in [-0.4, -0.2) is 60.2 Å². The van der Waals surface area contributed by atoms with Crippen LogP contribution in [0, 0.1) is 5.92 Å². The molecule has 1 aromatic heterocycles. The van der Waals surface area contributed by atoms with Gasteiger partial charge >= 0.3 is 0 Å². The second-order valence-electron chi connectivity index (χ2n) is 7.68. The van der Waals surface area contributed by atoms with Gasteiger partial charge in [-0.2, -0.15) is 0 Å². The third-order valence-electron chi connectivity index (χ3n) is 5.86. The Hall–Kier alpha value is -1.56. The minimum absolute atomic E-state index is 0.232. The highest BCUT2D eigenvalue weighted by atomic mass is 16.5. The Morgan fingerprint density at radius 1 is 1.35 bits per heavy atom. The SMILES string of the molecule is CCCN(C[C@H]1CCCN2CCCC[C@H]12)C(=O)CCc1cc(OC)no1. The standard InChI is InChI=1S/C20H33N3O3/c1-3-11-23(20(24)10-9-17-14-19(25-2)21-26-17)15-16-7-6-13-22-12-5-4-8-18(16)22/h14,16,18H,3-13,15H2,1-2H3/t16-,18-/m1/s1. The van der Waals surface area contributed by atoms with E-state index < -0.39 is 0 Å². The molecule has 2 atom stereocenters. The third kappa shape index (κ3) is 4.78. The Kier molecular flexibility index (Phi) is 6.94. The maximum atomic E-state index is 12.8. The highest BCUT2D eigenvalue weighted by molar-refractivity contribution is 5.76. The van der Waals surface area contributed by atoms with Crippen LogP contribution in [0.5, 0.6) is 5.88 Å². The number of rotatable bonds is 8. The van der Waals surface area contributed by atoms with E-state index in [0.717, 1.165) is 19.5 Å². The molecule has 0 radical (unpaired) electrons. The molecule has 1 aromatic rings. The van der Waals surface area contributed by atoms with Gasteiger partial charge in [0.2, 0.25) is 5.91 Å². The molecule has 0 unspecified atom stereocenters. The zero-order valence-corrected chi connectivity index (χ0v) is 16.3. The molecular weight excluding hydrogens is 330 g/mol. The Labute approximate surface area is 156 Å². The molecule has 0 bridgehead atoms. The van der Waals surface area contributed by atoms with Crippen LogP contribution in [0.1, 0.15) is 57.6 Å². The first kappa shape index (κ1) is 19.2. The normalized spacial score (nSPS) is 23.5. The second kappa shape index (κ2) is 9.40. The summed E-state index contributed by atoms with van der Waals surface area (Å²) in [6.07, 6.45) is 8.56. The molecular formula is C20H33N3O3. The molecule has 6 heteroatoms. The van der Waals surface area contributed by atoms with Crippen LogP contribution in [0.4, 0.5) is 0 Å². The largest absolute Gasteiger partial charge is 0.479 e. The van der Waals surface area contributed by atoms with Gasteiger partial charge in [0.05, 0.1) is 7.11 Å². The number of amides is 1. The van der Waals surface area contributed by atoms with Crippen molar-refractivity contribution in [3.63, 3.8) is 0 Å². The molecule has 3 heterocycles. The Balaban J connectivity index is 1.55. The fourth-order valence-corrected chi connectivity index (χ4v) is 4.56. The van der Waals surface area contributed by atoms with Crippen LogP contribution >= 0.6 is 0 Å². The van der Waals surface area contributed by atoms with Gasteiger partial charge in [-0.15, -0.1) is 0 Å². The molecule has 2 aliphatic heterocycles. The topological polar surface area (TPSA) is 58.8 Å². The van der Waals surface area contributed by atoms with Crippen molar-refractivity contribution in [3.05, 3.63) is 11.8 Å². The lowest BCUT2D eigenvalue weighted by molar-refractivity contribution is -0.132. The number of fused-ring (bicyclic) bond motifs is 1. The number of aryl methyl sites for hydroxylation is 1. The summed E-state index contributed by atoms with van der Waals surface area (Å²) in [5.41, 5.74) is 0. The number of methoxy groups -OCH3 is 1. The Bertz CT molecular complexity index is 572. The molecule has 2 saturated heterocycles. The quantitative estimate of drug-likeness (QED) is 0.710. The number of carbonyl (C=O) groups is 1. The monoisotopic (exact) mass is 363 g/mol. The van der Waals surface area contributed by atoms with E-state index in [1.54, 1.807) is 13.2 Å². The van der Waals surface area contributed by atoms with Crippen LogP contribution in [0.25, 0.3) is 0 Å². The summed E-state index contributed by atoms with van der Waals surface area (Å²) in [6, 6.07) is 2.45. The average Bonchev–Trinajstić information content (AvgIpc) is 3.14. The van der Waals surface area contributed by atoms with Crippen molar-refractivity contribution < 1.29 is 14.1 Å². The molecule has 26 heavy (non-hydrogen) atoms. The van der Waals surface area contributed by atoms with E-state index in [1.165, 1.54) is 45.2 Å². The lowest BCUT2D eigenvalue weighted by atomic mass is 9.83. The lowest BCUT2D eigenvalue weighted by Gasteiger charge is -2.45. The van der Waals surface area contributed by atoms with E-state index in [1.807, 2.05) is 0 Å². The first-order valence-electron chi connectivity index (χ1n) is 10.2. The van der Waals surface area contributed by atoms with Crippen LogP contribution in [0.15, 0.2) is 10.6 Å². The van der Waals surface area contributed by atoms with Crippen molar-refractivity contribution in [2.45, 2.75) is 64.3 Å². The minimum Gasteiger partial charge on any atom is -0.479 e. The smallest absolute Gasteiger partial charge is 0.254 e. The fourth-order valence-electron chi connectivity index (χ4n) is 4.56. The second-order valence-corrected chi connectivity index (χ2v) is 7.68. The summed E-state index contributed by atoms with van der Waals surface area (Å²) in [5, 5.41) is 3.80. The first-order valence-corrected chi connectivity index (χ1v) is 10.2. The highest BCUT2D eigenvalue weighted by Gasteiger charge is 2.34. The van der Waals surface area contributed by atoms with E-state index in [4.69, 9.17) is 9.26 Å². The number of carbonyl (C=O) groups excluding carboxylic acids is 1. The van der Waals surface area contributed by atoms with Gasteiger partial charge in [0, 0.05) is 38.0 Å². The molecule has 0 aliphatic carbocycles. The molecule has 2 fully saturated rings. The van der Waals surface area contributed by atoms with Crippen molar-refractivity contribution in [2.24, 2.45) is 5.92 Å². The zero-order valence-electron chi connectivity index (χ0n) is 16.3. The van der Waals surface area contributed by atoms with Crippen molar-refractivity contribution in [2.75, 3.05) is 33.3 Å². The van der Waals surface area contributed by atoms with Gasteiger partial charge in [-0.1, -0.05) is 13.3 Å². The molecule has 0 spiro atoms.